The molecule has 0 aliphatic carbocycles. The number of benzene rings is 2. The van der Waals surface area contributed by atoms with E-state index in [1.807, 2.05) is 12.1 Å². The average molecular weight is 1020 g/mol. The summed E-state index contributed by atoms with van der Waals surface area (Å²) in [5.41, 5.74) is -0.652. The lowest BCUT2D eigenvalue weighted by atomic mass is 10.0. The second-order valence-corrected chi connectivity index (χ2v) is 20.3. The second kappa shape index (κ2) is 26.4. The molecule has 0 saturated carbocycles. The van der Waals surface area contributed by atoms with Gasteiger partial charge in [-0.1, -0.05) is 35.9 Å². The minimum absolute atomic E-state index is 0.0127. The Morgan fingerprint density at radius 1 is 0.653 bits per heavy atom. The van der Waals surface area contributed by atoms with Crippen LogP contribution in [0.1, 0.15) is 129 Å². The highest BCUT2D eigenvalue weighted by Gasteiger charge is 2.36. The number of nitrogens with zero attached hydrogens (tertiary/aromatic N) is 2. The normalized spacial score (nSPS) is 14.1. The molecule has 21 nitrogen and oxygen atoms in total. The molecule has 0 radical (unpaired) electrons. The number of ether oxygens (including phenoxy) is 3. The van der Waals surface area contributed by atoms with Gasteiger partial charge in [0.2, 0.25) is 35.2 Å². The zero-order chi connectivity index (χ0) is 54.1. The minimum Gasteiger partial charge on any atom is -0.444 e. The number of nitriles is 1. The van der Waals surface area contributed by atoms with Crippen molar-refractivity contribution in [3.63, 3.8) is 0 Å². The topological polar surface area (TPSA) is 298 Å². The number of alkyl carbamates (subject to hydrolysis) is 2. The van der Waals surface area contributed by atoms with Crippen molar-refractivity contribution in [1.82, 2.24) is 42.2 Å². The number of oxazole rings is 1. The van der Waals surface area contributed by atoms with Crippen LogP contribution in [0.15, 0.2) is 59.1 Å². The molecule has 0 aliphatic rings. The number of carbonyl (C=O) groups excluding carboxylic acids is 8. The standard InChI is InChI=1S/C50H68ClN9O12/c1-28(39(61)45-54-26-35(25-52)69-45)56-42(64)36(15-13-14-24-53-46(67)71-49(7,8)9)58-40(62)29(2)57-44(66)38(30(3)70-48(4,5)6)60-43(65)37(27-55-47(68)72-50(10,11)12)59-41(63)33-18-16-31(17-19-33)32-20-22-34(51)23-21-32/h16-23,26,28-30,36-38H,13-15,24,27H2,1-12H3,(H,53,67)(H,55,68)(H,56,64)(H,57,66)(H,58,62)(H,59,63)(H,60,65)/t28-,29-,30+,36-,37-,38-/m0/s1. The van der Waals surface area contributed by atoms with E-state index in [-0.39, 0.29) is 30.7 Å². The summed E-state index contributed by atoms with van der Waals surface area (Å²) in [4.78, 5) is 111. The molecule has 22 heteroatoms. The van der Waals surface area contributed by atoms with Gasteiger partial charge in [-0.25, -0.2) is 14.6 Å². The summed E-state index contributed by atoms with van der Waals surface area (Å²) < 4.78 is 21.8. The highest BCUT2D eigenvalue weighted by Crippen LogP contribution is 2.22. The lowest BCUT2D eigenvalue weighted by molar-refractivity contribution is -0.139. The molecule has 6 atom stereocenters. The van der Waals surface area contributed by atoms with Gasteiger partial charge >= 0.3 is 12.2 Å². The zero-order valence-electron chi connectivity index (χ0n) is 42.9. The number of amides is 7. The van der Waals surface area contributed by atoms with Crippen LogP contribution in [-0.4, -0.2) is 119 Å². The van der Waals surface area contributed by atoms with E-state index in [1.165, 1.54) is 20.8 Å². The van der Waals surface area contributed by atoms with Crippen molar-refractivity contribution in [2.24, 2.45) is 0 Å². The number of hydrogen-bond acceptors (Lipinski definition) is 14. The van der Waals surface area contributed by atoms with Crippen molar-refractivity contribution in [1.29, 1.82) is 5.26 Å². The number of unbranched alkanes of at least 4 members (excludes halogenated alkanes) is 1. The van der Waals surface area contributed by atoms with E-state index in [0.29, 0.717) is 11.4 Å². The first-order valence-electron chi connectivity index (χ1n) is 23.3. The summed E-state index contributed by atoms with van der Waals surface area (Å²) in [6.45, 7) is 19.2. The van der Waals surface area contributed by atoms with Crippen LogP contribution in [0, 0.1) is 11.3 Å². The molecule has 7 amide bonds. The monoisotopic (exact) mass is 1020 g/mol. The molecule has 3 aromatic rings. The average Bonchev–Trinajstić information content (AvgIpc) is 3.76. The number of ketones is 1. The molecule has 72 heavy (non-hydrogen) atoms. The van der Waals surface area contributed by atoms with E-state index < -0.39 is 113 Å². The number of nitrogens with one attached hydrogen (secondary N) is 7. The Labute approximate surface area is 425 Å². The Balaban J connectivity index is 1.84. The number of Topliss-reactive ketones (excluding diaryl/α,β-unsaturated/α-hetero) is 1. The van der Waals surface area contributed by atoms with Crippen molar-refractivity contribution in [3.05, 3.63) is 77.0 Å². The molecular formula is C50H68ClN9O12. The SMILES string of the molecule is C[C@H](NC(=O)[C@@H](NC(=O)[C@H](CNC(=O)OC(C)(C)C)NC(=O)c1ccc(-c2ccc(Cl)cc2)cc1)[C@@H](C)OC(C)(C)C)C(=O)N[C@@H](CCCCNC(=O)OC(C)(C)C)C(=O)N[C@@H](C)C(=O)c1ncc(C#N)o1. The third-order valence-electron chi connectivity index (χ3n) is 9.94. The quantitative estimate of drug-likeness (QED) is 0.0500. The predicted molar refractivity (Wildman–Crippen MR) is 265 cm³/mol. The predicted octanol–water partition coefficient (Wildman–Crippen LogP) is 5.25. The molecule has 0 bridgehead atoms. The fourth-order valence-corrected chi connectivity index (χ4v) is 6.73. The lowest BCUT2D eigenvalue weighted by Crippen LogP contribution is -2.62. The number of hydrogen-bond donors (Lipinski definition) is 7. The van der Waals surface area contributed by atoms with Crippen LogP contribution in [0.5, 0.6) is 0 Å². The van der Waals surface area contributed by atoms with Crippen LogP contribution in [0.3, 0.4) is 0 Å². The zero-order valence-corrected chi connectivity index (χ0v) is 43.6. The van der Waals surface area contributed by atoms with Crippen LogP contribution in [0.2, 0.25) is 5.02 Å². The van der Waals surface area contributed by atoms with Crippen molar-refractivity contribution in [2.75, 3.05) is 13.1 Å². The van der Waals surface area contributed by atoms with Crippen LogP contribution >= 0.6 is 11.6 Å². The van der Waals surface area contributed by atoms with Crippen molar-refractivity contribution in [3.8, 4) is 17.2 Å². The summed E-state index contributed by atoms with van der Waals surface area (Å²) in [5, 5.41) is 27.7. The van der Waals surface area contributed by atoms with Crippen LogP contribution in [0.4, 0.5) is 9.59 Å². The molecule has 0 unspecified atom stereocenters. The van der Waals surface area contributed by atoms with Gasteiger partial charge in [-0.05, 0) is 138 Å². The van der Waals surface area contributed by atoms with E-state index >= 15 is 0 Å². The van der Waals surface area contributed by atoms with E-state index in [0.717, 1.165) is 17.3 Å². The number of carbonyl (C=O) groups is 8. The summed E-state index contributed by atoms with van der Waals surface area (Å²) in [5.74, 6) is -5.46. The molecule has 1 aromatic heterocycles. The maximum absolute atomic E-state index is 14.2. The third kappa shape index (κ3) is 20.7. The Hall–Kier alpha value is -7.05. The van der Waals surface area contributed by atoms with Crippen LogP contribution in [0.25, 0.3) is 11.1 Å². The van der Waals surface area contributed by atoms with Crippen LogP contribution in [-0.2, 0) is 33.4 Å². The molecule has 7 N–H and O–H groups in total. The van der Waals surface area contributed by atoms with E-state index in [1.54, 1.807) is 105 Å². The molecule has 392 valence electrons. The van der Waals surface area contributed by atoms with Gasteiger partial charge in [0, 0.05) is 17.1 Å². The summed E-state index contributed by atoms with van der Waals surface area (Å²) in [6.07, 6.45) is -0.867. The van der Waals surface area contributed by atoms with Gasteiger partial charge in [0.25, 0.3) is 11.8 Å². The van der Waals surface area contributed by atoms with E-state index in [9.17, 15) is 38.4 Å². The van der Waals surface area contributed by atoms with Crippen molar-refractivity contribution >= 4 is 59.1 Å². The fraction of sp³-hybridized carbons (Fsp3) is 0.520. The molecular weight excluding hydrogens is 954 g/mol. The first-order chi connectivity index (χ1) is 33.4. The highest BCUT2D eigenvalue weighted by molar-refractivity contribution is 6.30. The fourth-order valence-electron chi connectivity index (χ4n) is 6.60. The van der Waals surface area contributed by atoms with Gasteiger partial charge in [-0.3, -0.25) is 28.8 Å². The van der Waals surface area contributed by atoms with Gasteiger partial charge < -0.3 is 55.8 Å². The maximum atomic E-state index is 14.2. The second-order valence-electron chi connectivity index (χ2n) is 19.9. The Morgan fingerprint density at radius 3 is 1.74 bits per heavy atom. The molecule has 0 fully saturated rings. The Bertz CT molecular complexity index is 2420. The summed E-state index contributed by atoms with van der Waals surface area (Å²) >= 11 is 6.04. The molecule has 1 heterocycles. The van der Waals surface area contributed by atoms with Crippen LogP contribution < -0.4 is 37.2 Å². The first kappa shape index (κ1) is 59.3. The summed E-state index contributed by atoms with van der Waals surface area (Å²) in [7, 11) is 0. The molecule has 0 aliphatic heterocycles. The first-order valence-corrected chi connectivity index (χ1v) is 23.7. The Morgan fingerprint density at radius 2 is 1.19 bits per heavy atom. The summed E-state index contributed by atoms with van der Waals surface area (Å²) in [6, 6.07) is 8.54. The number of rotatable bonds is 22. The van der Waals surface area contributed by atoms with Gasteiger partial charge in [-0.15, -0.1) is 0 Å². The number of aromatic nitrogens is 1. The minimum atomic E-state index is -1.51. The molecule has 3 rings (SSSR count). The molecule has 0 saturated heterocycles. The maximum Gasteiger partial charge on any atom is 0.407 e. The molecule has 2 aromatic carbocycles. The van der Waals surface area contributed by atoms with Gasteiger partial charge in [0.05, 0.1) is 30.5 Å². The lowest BCUT2D eigenvalue weighted by Gasteiger charge is -2.32. The largest absolute Gasteiger partial charge is 0.444 e. The van der Waals surface area contributed by atoms with Crippen molar-refractivity contribution in [2.45, 2.75) is 155 Å². The number of halogens is 1. The third-order valence-corrected chi connectivity index (χ3v) is 10.2. The van der Waals surface area contributed by atoms with E-state index in [4.69, 9.17) is 35.5 Å². The van der Waals surface area contributed by atoms with E-state index in [2.05, 4.69) is 42.2 Å². The van der Waals surface area contributed by atoms with Gasteiger partial charge in [0.1, 0.15) is 41.4 Å². The van der Waals surface area contributed by atoms with Gasteiger partial charge in [-0.2, -0.15) is 5.26 Å². The molecule has 0 spiro atoms. The van der Waals surface area contributed by atoms with Crippen molar-refractivity contribution < 1.29 is 57.0 Å². The van der Waals surface area contributed by atoms with Gasteiger partial charge in [0.15, 0.2) is 0 Å². The Kier molecular flexibility index (Phi) is 21.7. The smallest absolute Gasteiger partial charge is 0.407 e. The highest BCUT2D eigenvalue weighted by atomic mass is 35.5.